The summed E-state index contributed by atoms with van der Waals surface area (Å²) in [4.78, 5) is 0. The largest absolute Gasteiger partial charge is 0.388 e. The SMILES string of the molecule is OC1(CNc2c(Cl)cc(Br)cc2Cl)CCCCC1. The zero-order chi connectivity index (χ0) is 13.2. The Morgan fingerprint density at radius 1 is 1.17 bits per heavy atom. The lowest BCUT2D eigenvalue weighted by atomic mass is 9.85. The summed E-state index contributed by atoms with van der Waals surface area (Å²) in [5.41, 5.74) is 0.0679. The molecule has 100 valence electrons. The molecule has 1 fully saturated rings. The van der Waals surface area contributed by atoms with Crippen LogP contribution in [0.3, 0.4) is 0 Å². The quantitative estimate of drug-likeness (QED) is 0.813. The third kappa shape index (κ3) is 3.53. The standard InChI is InChI=1S/C13H16BrCl2NO/c14-9-6-10(15)12(11(16)7-9)17-8-13(18)4-2-1-3-5-13/h6-7,17-18H,1-5,8H2. The molecular weight excluding hydrogens is 337 g/mol. The smallest absolute Gasteiger partial charge is 0.0819 e. The van der Waals surface area contributed by atoms with Crippen molar-refractivity contribution in [3.05, 3.63) is 26.7 Å². The molecule has 1 aromatic rings. The Morgan fingerprint density at radius 3 is 2.28 bits per heavy atom. The molecule has 2 nitrogen and oxygen atoms in total. The molecular formula is C13H16BrCl2NO. The van der Waals surface area contributed by atoms with Gasteiger partial charge in [0.25, 0.3) is 0 Å². The summed E-state index contributed by atoms with van der Waals surface area (Å²) in [6.07, 6.45) is 5.06. The second kappa shape index (κ2) is 6.00. The minimum absolute atomic E-state index is 0.494. The second-order valence-electron chi connectivity index (χ2n) is 4.88. The van der Waals surface area contributed by atoms with Gasteiger partial charge in [-0.3, -0.25) is 0 Å². The van der Waals surface area contributed by atoms with E-state index in [1.807, 2.05) is 0 Å². The Labute approximate surface area is 126 Å². The molecule has 0 aliphatic heterocycles. The number of hydrogen-bond donors (Lipinski definition) is 2. The lowest BCUT2D eigenvalue weighted by Crippen LogP contribution is -2.38. The second-order valence-corrected chi connectivity index (χ2v) is 6.61. The van der Waals surface area contributed by atoms with Gasteiger partial charge < -0.3 is 10.4 Å². The fourth-order valence-electron chi connectivity index (χ4n) is 2.35. The van der Waals surface area contributed by atoms with Crippen LogP contribution in [-0.2, 0) is 0 Å². The number of rotatable bonds is 3. The van der Waals surface area contributed by atoms with Gasteiger partial charge in [0, 0.05) is 11.0 Å². The van der Waals surface area contributed by atoms with Gasteiger partial charge in [0.1, 0.15) is 0 Å². The first-order chi connectivity index (χ1) is 8.50. The van der Waals surface area contributed by atoms with Crippen molar-refractivity contribution in [2.45, 2.75) is 37.7 Å². The Balaban J connectivity index is 2.06. The Kier molecular flexibility index (Phi) is 4.81. The number of hydrogen-bond acceptors (Lipinski definition) is 2. The van der Waals surface area contributed by atoms with E-state index >= 15 is 0 Å². The maximum atomic E-state index is 10.4. The predicted molar refractivity (Wildman–Crippen MR) is 80.7 cm³/mol. The molecule has 0 heterocycles. The van der Waals surface area contributed by atoms with Crippen molar-refractivity contribution in [3.8, 4) is 0 Å². The fraction of sp³-hybridized carbons (Fsp3) is 0.538. The van der Waals surface area contributed by atoms with Crippen LogP contribution in [0.4, 0.5) is 5.69 Å². The van der Waals surface area contributed by atoms with Gasteiger partial charge in [-0.15, -0.1) is 0 Å². The van der Waals surface area contributed by atoms with Crippen molar-refractivity contribution in [1.82, 2.24) is 0 Å². The lowest BCUT2D eigenvalue weighted by Gasteiger charge is -2.32. The van der Waals surface area contributed by atoms with Crippen LogP contribution >= 0.6 is 39.1 Å². The topological polar surface area (TPSA) is 32.3 Å². The molecule has 0 radical (unpaired) electrons. The monoisotopic (exact) mass is 351 g/mol. The highest BCUT2D eigenvalue weighted by Gasteiger charge is 2.29. The highest BCUT2D eigenvalue weighted by Crippen LogP contribution is 2.35. The highest BCUT2D eigenvalue weighted by atomic mass is 79.9. The van der Waals surface area contributed by atoms with Crippen molar-refractivity contribution in [1.29, 1.82) is 0 Å². The Bertz CT molecular complexity index is 410. The molecule has 1 aliphatic rings. The van der Waals surface area contributed by atoms with Crippen molar-refractivity contribution in [2.75, 3.05) is 11.9 Å². The highest BCUT2D eigenvalue weighted by molar-refractivity contribution is 9.10. The van der Waals surface area contributed by atoms with Crippen LogP contribution in [0, 0.1) is 0 Å². The van der Waals surface area contributed by atoms with Crippen LogP contribution in [0.2, 0.25) is 10.0 Å². The van der Waals surface area contributed by atoms with E-state index in [1.54, 1.807) is 12.1 Å². The maximum absolute atomic E-state index is 10.4. The van der Waals surface area contributed by atoms with E-state index in [1.165, 1.54) is 6.42 Å². The molecule has 1 saturated carbocycles. The third-order valence-corrected chi connectivity index (χ3v) is 4.44. The van der Waals surface area contributed by atoms with Gasteiger partial charge in [0.2, 0.25) is 0 Å². The van der Waals surface area contributed by atoms with Crippen LogP contribution < -0.4 is 5.32 Å². The minimum atomic E-state index is -0.627. The van der Waals surface area contributed by atoms with Crippen LogP contribution in [0.1, 0.15) is 32.1 Å². The number of anilines is 1. The van der Waals surface area contributed by atoms with Gasteiger partial charge in [0.05, 0.1) is 21.3 Å². The normalized spacial score (nSPS) is 18.7. The molecule has 0 unspecified atom stereocenters. The molecule has 0 spiro atoms. The van der Waals surface area contributed by atoms with Crippen LogP contribution in [0.15, 0.2) is 16.6 Å². The average Bonchev–Trinajstić information content (AvgIpc) is 2.28. The summed E-state index contributed by atoms with van der Waals surface area (Å²) in [7, 11) is 0. The van der Waals surface area contributed by atoms with Gasteiger partial charge in [-0.25, -0.2) is 0 Å². The third-order valence-electron chi connectivity index (χ3n) is 3.39. The number of nitrogens with one attached hydrogen (secondary N) is 1. The van der Waals surface area contributed by atoms with E-state index in [9.17, 15) is 5.11 Å². The van der Waals surface area contributed by atoms with Crippen LogP contribution in [0.5, 0.6) is 0 Å². The van der Waals surface area contributed by atoms with Gasteiger partial charge >= 0.3 is 0 Å². The fourth-order valence-corrected chi connectivity index (χ4v) is 3.69. The molecule has 2 N–H and O–H groups in total. The molecule has 1 aliphatic carbocycles. The van der Waals surface area contributed by atoms with E-state index in [-0.39, 0.29) is 0 Å². The summed E-state index contributed by atoms with van der Waals surface area (Å²) in [6.45, 7) is 0.494. The maximum Gasteiger partial charge on any atom is 0.0819 e. The molecule has 5 heteroatoms. The van der Waals surface area contributed by atoms with Crippen LogP contribution in [-0.4, -0.2) is 17.3 Å². The number of halogens is 3. The van der Waals surface area contributed by atoms with Crippen molar-refractivity contribution >= 4 is 44.8 Å². The van der Waals surface area contributed by atoms with E-state index in [2.05, 4.69) is 21.2 Å². The first kappa shape index (κ1) is 14.4. The summed E-state index contributed by atoms with van der Waals surface area (Å²) in [6, 6.07) is 3.58. The van der Waals surface area contributed by atoms with E-state index in [4.69, 9.17) is 23.2 Å². The molecule has 1 aromatic carbocycles. The van der Waals surface area contributed by atoms with Gasteiger partial charge in [-0.05, 0) is 25.0 Å². The molecule has 0 aromatic heterocycles. The van der Waals surface area contributed by atoms with Crippen molar-refractivity contribution < 1.29 is 5.11 Å². The van der Waals surface area contributed by atoms with Crippen molar-refractivity contribution in [3.63, 3.8) is 0 Å². The van der Waals surface area contributed by atoms with E-state index < -0.39 is 5.60 Å². The minimum Gasteiger partial charge on any atom is -0.388 e. The van der Waals surface area contributed by atoms with E-state index in [0.29, 0.717) is 22.3 Å². The zero-order valence-corrected chi connectivity index (χ0v) is 13.1. The molecule has 2 rings (SSSR count). The summed E-state index contributed by atoms with van der Waals surface area (Å²) < 4.78 is 0.847. The summed E-state index contributed by atoms with van der Waals surface area (Å²) in [5.74, 6) is 0. The van der Waals surface area contributed by atoms with Crippen molar-refractivity contribution in [2.24, 2.45) is 0 Å². The molecule has 0 saturated heterocycles. The van der Waals surface area contributed by atoms with E-state index in [0.717, 1.165) is 30.2 Å². The lowest BCUT2D eigenvalue weighted by molar-refractivity contribution is 0.0167. The number of benzene rings is 1. The predicted octanol–water partition coefficient (Wildman–Crippen LogP) is 4.86. The summed E-state index contributed by atoms with van der Waals surface area (Å²) in [5, 5.41) is 14.7. The van der Waals surface area contributed by atoms with Gasteiger partial charge in [-0.1, -0.05) is 58.4 Å². The number of aliphatic hydroxyl groups is 1. The van der Waals surface area contributed by atoms with Gasteiger partial charge in [-0.2, -0.15) is 0 Å². The molecule has 18 heavy (non-hydrogen) atoms. The summed E-state index contributed by atoms with van der Waals surface area (Å²) >= 11 is 15.6. The molecule has 0 amide bonds. The molecule has 0 atom stereocenters. The Morgan fingerprint density at radius 2 is 1.72 bits per heavy atom. The molecule has 0 bridgehead atoms. The first-order valence-electron chi connectivity index (χ1n) is 6.11. The zero-order valence-electron chi connectivity index (χ0n) is 9.98. The first-order valence-corrected chi connectivity index (χ1v) is 7.66. The Hall–Kier alpha value is 0.0400. The average molecular weight is 353 g/mol. The van der Waals surface area contributed by atoms with Crippen LogP contribution in [0.25, 0.3) is 0 Å². The van der Waals surface area contributed by atoms with Gasteiger partial charge in [0.15, 0.2) is 0 Å².